The fourth-order valence-electron chi connectivity index (χ4n) is 9.58. The van der Waals surface area contributed by atoms with Crippen LogP contribution in [0.5, 0.6) is 0 Å². The van der Waals surface area contributed by atoms with E-state index in [1.54, 1.807) is 0 Å². The first-order chi connectivity index (χ1) is 27.5. The lowest BCUT2D eigenvalue weighted by Crippen LogP contribution is -2.15. The van der Waals surface area contributed by atoms with E-state index >= 15 is 0 Å². The van der Waals surface area contributed by atoms with E-state index in [2.05, 4.69) is 199 Å². The molecule has 0 radical (unpaired) electrons. The summed E-state index contributed by atoms with van der Waals surface area (Å²) in [7, 11) is 0. The summed E-state index contributed by atoms with van der Waals surface area (Å²) in [4.78, 5) is 0. The van der Waals surface area contributed by atoms with E-state index in [0.717, 1.165) is 49.9 Å². The molecule has 0 bridgehead atoms. The molecule has 0 aliphatic heterocycles. The molecule has 56 heavy (non-hydrogen) atoms. The van der Waals surface area contributed by atoms with Crippen molar-refractivity contribution < 1.29 is 4.42 Å². The van der Waals surface area contributed by atoms with Crippen molar-refractivity contribution in [2.24, 2.45) is 0 Å². The first-order valence-electron chi connectivity index (χ1n) is 19.4. The number of aromatic nitrogens is 2. The van der Waals surface area contributed by atoms with E-state index < -0.39 is 0 Å². The molecule has 0 N–H and O–H groups in total. The Bertz CT molecular complexity index is 3360. The Morgan fingerprint density at radius 2 is 1.00 bits per heavy atom. The van der Waals surface area contributed by atoms with Crippen molar-refractivity contribution in [3.05, 3.63) is 193 Å². The summed E-state index contributed by atoms with van der Waals surface area (Å²) < 4.78 is 11.4. The van der Waals surface area contributed by atoms with E-state index in [1.165, 1.54) is 60.8 Å². The van der Waals surface area contributed by atoms with Gasteiger partial charge in [-0.25, -0.2) is 0 Å². The zero-order valence-electron chi connectivity index (χ0n) is 31.1. The van der Waals surface area contributed by atoms with Crippen LogP contribution in [0.2, 0.25) is 0 Å². The van der Waals surface area contributed by atoms with Crippen LogP contribution < -0.4 is 0 Å². The number of para-hydroxylation sites is 3. The molecule has 0 unspecified atom stereocenters. The fourth-order valence-corrected chi connectivity index (χ4v) is 9.58. The molecule has 0 spiro atoms. The van der Waals surface area contributed by atoms with Crippen LogP contribution in [0.15, 0.2) is 186 Å². The van der Waals surface area contributed by atoms with Crippen molar-refractivity contribution in [1.29, 1.82) is 0 Å². The Morgan fingerprint density at radius 3 is 1.82 bits per heavy atom. The standard InChI is InChI=1S/C53H36N2O/c1-53(2)45-30-36(33-13-5-3-6-14-33)23-27-39(45)42-31-43-40-17-9-11-19-47(40)54(49(43)32-46(42)53)38-25-21-34(22-26-38)35-24-28-48-44(29-35)52-51(41-18-10-12-20-50(41)56-52)55(48)37-15-7-4-8-16-37/h3-32H,1-2H3. The molecule has 0 saturated heterocycles. The van der Waals surface area contributed by atoms with Gasteiger partial charge in [-0.2, -0.15) is 0 Å². The topological polar surface area (TPSA) is 23.0 Å². The Labute approximate surface area is 324 Å². The highest BCUT2D eigenvalue weighted by Crippen LogP contribution is 2.52. The maximum absolute atomic E-state index is 6.58. The van der Waals surface area contributed by atoms with Crippen molar-refractivity contribution in [2.45, 2.75) is 19.3 Å². The highest BCUT2D eigenvalue weighted by molar-refractivity contribution is 6.17. The van der Waals surface area contributed by atoms with Gasteiger partial charge in [0, 0.05) is 38.3 Å². The summed E-state index contributed by atoms with van der Waals surface area (Å²) >= 11 is 0. The van der Waals surface area contributed by atoms with Crippen LogP contribution >= 0.6 is 0 Å². The van der Waals surface area contributed by atoms with E-state index in [1.807, 2.05) is 6.07 Å². The van der Waals surface area contributed by atoms with Crippen molar-refractivity contribution in [3.8, 4) is 44.8 Å². The minimum Gasteiger partial charge on any atom is -0.454 e. The van der Waals surface area contributed by atoms with Crippen LogP contribution in [0.1, 0.15) is 25.0 Å². The quantitative estimate of drug-likeness (QED) is 0.178. The van der Waals surface area contributed by atoms with Crippen LogP contribution in [0, 0.1) is 0 Å². The minimum atomic E-state index is -0.141. The molecule has 3 nitrogen and oxygen atoms in total. The van der Waals surface area contributed by atoms with Gasteiger partial charge in [-0.3, -0.25) is 0 Å². The molecule has 3 heteroatoms. The average Bonchev–Trinajstić information content (AvgIpc) is 3.95. The molecular weight excluding hydrogens is 681 g/mol. The number of benzene rings is 8. The number of hydrogen-bond donors (Lipinski definition) is 0. The summed E-state index contributed by atoms with van der Waals surface area (Å²) in [6.07, 6.45) is 0. The first-order valence-corrected chi connectivity index (χ1v) is 19.4. The van der Waals surface area contributed by atoms with Crippen LogP contribution in [-0.2, 0) is 5.41 Å². The lowest BCUT2D eigenvalue weighted by Gasteiger charge is -2.22. The predicted molar refractivity (Wildman–Crippen MR) is 233 cm³/mol. The highest BCUT2D eigenvalue weighted by atomic mass is 16.3. The minimum absolute atomic E-state index is 0.141. The van der Waals surface area contributed by atoms with Gasteiger partial charge in [0.25, 0.3) is 0 Å². The summed E-state index contributed by atoms with van der Waals surface area (Å²) in [5.74, 6) is 0. The van der Waals surface area contributed by atoms with Gasteiger partial charge in [0.1, 0.15) is 11.1 Å². The van der Waals surface area contributed by atoms with E-state index in [4.69, 9.17) is 4.42 Å². The van der Waals surface area contributed by atoms with Crippen molar-refractivity contribution in [2.75, 3.05) is 0 Å². The van der Waals surface area contributed by atoms with Gasteiger partial charge in [0.05, 0.1) is 16.6 Å². The maximum atomic E-state index is 6.58. The molecule has 3 aromatic heterocycles. The molecule has 1 aliphatic carbocycles. The monoisotopic (exact) mass is 716 g/mol. The Kier molecular flexibility index (Phi) is 6.40. The number of rotatable bonds is 4. The van der Waals surface area contributed by atoms with Gasteiger partial charge in [0.2, 0.25) is 0 Å². The number of fused-ring (bicyclic) bond motifs is 11. The lowest BCUT2D eigenvalue weighted by molar-refractivity contribution is 0.661. The SMILES string of the molecule is CC1(C)c2cc(-c3ccccc3)ccc2-c2cc3c4ccccc4n(-c4ccc(-c5ccc6c(c5)c5oc7ccccc7c5n6-c5ccccc5)cc4)c3cc21. The third-order valence-electron chi connectivity index (χ3n) is 12.3. The fraction of sp³-hybridized carbons (Fsp3) is 0.0566. The van der Waals surface area contributed by atoms with Crippen molar-refractivity contribution >= 4 is 54.8 Å². The Hall–Kier alpha value is -7.10. The van der Waals surface area contributed by atoms with Gasteiger partial charge in [-0.05, 0) is 117 Å². The molecule has 0 atom stereocenters. The molecule has 3 heterocycles. The van der Waals surface area contributed by atoms with E-state index in [9.17, 15) is 0 Å². The van der Waals surface area contributed by atoms with Crippen LogP contribution in [0.3, 0.4) is 0 Å². The maximum Gasteiger partial charge on any atom is 0.161 e. The predicted octanol–water partition coefficient (Wildman–Crippen LogP) is 14.3. The van der Waals surface area contributed by atoms with Gasteiger partial charge in [0.15, 0.2) is 5.58 Å². The first kappa shape index (κ1) is 31.3. The third kappa shape index (κ3) is 4.34. The molecule has 8 aromatic carbocycles. The Morgan fingerprint density at radius 1 is 0.393 bits per heavy atom. The van der Waals surface area contributed by atoms with E-state index in [-0.39, 0.29) is 5.41 Å². The molecule has 12 rings (SSSR count). The molecule has 264 valence electrons. The van der Waals surface area contributed by atoms with Crippen LogP contribution in [0.4, 0.5) is 0 Å². The Balaban J connectivity index is 0.988. The molecule has 11 aromatic rings. The number of furan rings is 1. The van der Waals surface area contributed by atoms with Crippen LogP contribution in [0.25, 0.3) is 99.5 Å². The molecule has 1 aliphatic rings. The van der Waals surface area contributed by atoms with Crippen molar-refractivity contribution in [1.82, 2.24) is 9.13 Å². The molecule has 0 saturated carbocycles. The van der Waals surface area contributed by atoms with E-state index in [0.29, 0.717) is 0 Å². The summed E-state index contributed by atoms with van der Waals surface area (Å²) in [6, 6.07) is 66.3. The molecule has 0 fully saturated rings. The van der Waals surface area contributed by atoms with Gasteiger partial charge in [-0.15, -0.1) is 0 Å². The smallest absolute Gasteiger partial charge is 0.161 e. The van der Waals surface area contributed by atoms with Crippen molar-refractivity contribution in [3.63, 3.8) is 0 Å². The zero-order valence-corrected chi connectivity index (χ0v) is 31.1. The van der Waals surface area contributed by atoms with Gasteiger partial charge < -0.3 is 13.6 Å². The van der Waals surface area contributed by atoms with Gasteiger partial charge >= 0.3 is 0 Å². The zero-order chi connectivity index (χ0) is 37.1. The lowest BCUT2D eigenvalue weighted by atomic mass is 9.81. The normalized spacial score (nSPS) is 13.3. The third-order valence-corrected chi connectivity index (χ3v) is 12.3. The number of nitrogens with zero attached hydrogens (tertiary/aromatic N) is 2. The largest absolute Gasteiger partial charge is 0.454 e. The highest BCUT2D eigenvalue weighted by Gasteiger charge is 2.36. The summed E-state index contributed by atoms with van der Waals surface area (Å²) in [5.41, 5.74) is 18.9. The van der Waals surface area contributed by atoms with Crippen LogP contribution in [-0.4, -0.2) is 9.13 Å². The average molecular weight is 717 g/mol. The molecular formula is C53H36N2O. The van der Waals surface area contributed by atoms with Gasteiger partial charge in [-0.1, -0.05) is 123 Å². The summed E-state index contributed by atoms with van der Waals surface area (Å²) in [6.45, 7) is 4.76. The second kappa shape index (κ2) is 11.5. The number of hydrogen-bond acceptors (Lipinski definition) is 1. The second-order valence-electron chi connectivity index (χ2n) is 15.7. The molecule has 0 amide bonds. The second-order valence-corrected chi connectivity index (χ2v) is 15.7. The summed E-state index contributed by atoms with van der Waals surface area (Å²) in [5, 5.41) is 4.78.